The van der Waals surface area contributed by atoms with Crippen molar-refractivity contribution in [3.05, 3.63) is 18.3 Å². The van der Waals surface area contributed by atoms with Gasteiger partial charge in [0.15, 0.2) is 11.6 Å². The summed E-state index contributed by atoms with van der Waals surface area (Å²) >= 11 is 0. The van der Waals surface area contributed by atoms with E-state index in [4.69, 9.17) is 5.73 Å². The Kier molecular flexibility index (Phi) is 2.54. The first-order valence-electron chi connectivity index (χ1n) is 4.92. The van der Waals surface area contributed by atoms with Gasteiger partial charge in [-0.1, -0.05) is 0 Å². The lowest BCUT2D eigenvalue weighted by Crippen LogP contribution is -2.43. The van der Waals surface area contributed by atoms with Crippen LogP contribution < -0.4 is 10.6 Å². The molecule has 0 spiro atoms. The smallest absolute Gasteiger partial charge is 0.171 e. The molecule has 4 heteroatoms. The highest BCUT2D eigenvalue weighted by molar-refractivity contribution is 5.51. The Labute approximate surface area is 83.4 Å². The lowest BCUT2D eigenvalue weighted by atomic mass is 10.1. The Morgan fingerprint density at radius 2 is 2.43 bits per heavy atom. The number of rotatable bonds is 1. The van der Waals surface area contributed by atoms with Crippen LogP contribution in [0.2, 0.25) is 0 Å². The van der Waals surface area contributed by atoms with Crippen LogP contribution in [0.5, 0.6) is 5.75 Å². The van der Waals surface area contributed by atoms with Gasteiger partial charge in [0.25, 0.3) is 0 Å². The molecular formula is C10H15N3O. The van der Waals surface area contributed by atoms with Crippen molar-refractivity contribution >= 4 is 5.82 Å². The lowest BCUT2D eigenvalue weighted by molar-refractivity contribution is 0.457. The van der Waals surface area contributed by atoms with E-state index in [1.54, 1.807) is 18.3 Å². The molecule has 1 aromatic heterocycles. The predicted octanol–water partition coefficient (Wildman–Crippen LogP) is 0.715. The maximum atomic E-state index is 9.60. The number of nitrogens with two attached hydrogens (primary N) is 1. The largest absolute Gasteiger partial charge is 0.504 e. The third-order valence-corrected chi connectivity index (χ3v) is 2.52. The maximum absolute atomic E-state index is 9.60. The number of aromatic hydroxyl groups is 1. The van der Waals surface area contributed by atoms with Gasteiger partial charge in [-0.05, 0) is 25.0 Å². The average molecular weight is 193 g/mol. The molecule has 4 nitrogen and oxygen atoms in total. The second-order valence-corrected chi connectivity index (χ2v) is 3.69. The fourth-order valence-electron chi connectivity index (χ4n) is 1.83. The van der Waals surface area contributed by atoms with E-state index in [1.807, 2.05) is 4.90 Å². The van der Waals surface area contributed by atoms with Crippen molar-refractivity contribution in [2.75, 3.05) is 18.0 Å². The Balaban J connectivity index is 2.18. The molecule has 76 valence electrons. The second-order valence-electron chi connectivity index (χ2n) is 3.69. The van der Waals surface area contributed by atoms with E-state index < -0.39 is 0 Å². The van der Waals surface area contributed by atoms with E-state index in [-0.39, 0.29) is 11.8 Å². The van der Waals surface area contributed by atoms with Crippen molar-refractivity contribution in [1.29, 1.82) is 0 Å². The van der Waals surface area contributed by atoms with Gasteiger partial charge in [0.1, 0.15) is 0 Å². The van der Waals surface area contributed by atoms with Crippen LogP contribution in [0.1, 0.15) is 12.8 Å². The van der Waals surface area contributed by atoms with Gasteiger partial charge in [-0.2, -0.15) is 0 Å². The molecule has 1 aliphatic heterocycles. The molecule has 0 unspecified atom stereocenters. The minimum atomic E-state index is 0.199. The highest BCUT2D eigenvalue weighted by Crippen LogP contribution is 2.25. The van der Waals surface area contributed by atoms with Crippen molar-refractivity contribution in [3.8, 4) is 5.75 Å². The molecule has 3 N–H and O–H groups in total. The average Bonchev–Trinajstić information content (AvgIpc) is 2.18. The Morgan fingerprint density at radius 3 is 3.14 bits per heavy atom. The molecule has 1 atom stereocenters. The molecule has 1 fully saturated rings. The topological polar surface area (TPSA) is 62.4 Å². The van der Waals surface area contributed by atoms with Gasteiger partial charge in [-0.3, -0.25) is 0 Å². The van der Waals surface area contributed by atoms with Gasteiger partial charge in [-0.25, -0.2) is 4.98 Å². The molecule has 0 radical (unpaired) electrons. The molecule has 0 saturated carbocycles. The zero-order chi connectivity index (χ0) is 9.97. The van der Waals surface area contributed by atoms with Crippen LogP contribution in [0.15, 0.2) is 18.3 Å². The van der Waals surface area contributed by atoms with Crippen LogP contribution in [0, 0.1) is 0 Å². The van der Waals surface area contributed by atoms with Crippen molar-refractivity contribution in [2.45, 2.75) is 18.9 Å². The number of piperidine rings is 1. The Hall–Kier alpha value is -1.29. The van der Waals surface area contributed by atoms with Crippen molar-refractivity contribution < 1.29 is 5.11 Å². The van der Waals surface area contributed by atoms with E-state index in [0.29, 0.717) is 5.82 Å². The summed E-state index contributed by atoms with van der Waals surface area (Å²) in [5.74, 6) is 0.893. The molecule has 2 heterocycles. The predicted molar refractivity (Wildman–Crippen MR) is 55.3 cm³/mol. The SMILES string of the molecule is N[C@H]1CCCN(c2ncccc2O)C1. The van der Waals surface area contributed by atoms with Gasteiger partial charge in [0.2, 0.25) is 0 Å². The van der Waals surface area contributed by atoms with Crippen LogP contribution in [0.3, 0.4) is 0 Å². The van der Waals surface area contributed by atoms with Crippen LogP contribution in [-0.2, 0) is 0 Å². The van der Waals surface area contributed by atoms with E-state index in [9.17, 15) is 5.11 Å². The molecule has 0 aromatic carbocycles. The lowest BCUT2D eigenvalue weighted by Gasteiger charge is -2.31. The summed E-state index contributed by atoms with van der Waals surface area (Å²) in [7, 11) is 0. The zero-order valence-corrected chi connectivity index (χ0v) is 8.06. The Bertz CT molecular complexity index is 316. The van der Waals surface area contributed by atoms with Crippen molar-refractivity contribution in [3.63, 3.8) is 0 Å². The highest BCUT2D eigenvalue weighted by atomic mass is 16.3. The minimum absolute atomic E-state index is 0.199. The number of pyridine rings is 1. The number of anilines is 1. The van der Waals surface area contributed by atoms with Crippen LogP contribution in [0.4, 0.5) is 5.82 Å². The van der Waals surface area contributed by atoms with Gasteiger partial charge < -0.3 is 15.7 Å². The number of aromatic nitrogens is 1. The van der Waals surface area contributed by atoms with Crippen molar-refractivity contribution in [1.82, 2.24) is 4.98 Å². The first kappa shape index (κ1) is 9.27. The van der Waals surface area contributed by atoms with Crippen molar-refractivity contribution in [2.24, 2.45) is 5.73 Å². The first-order chi connectivity index (χ1) is 6.77. The van der Waals surface area contributed by atoms with Crippen LogP contribution in [-0.4, -0.2) is 29.2 Å². The monoisotopic (exact) mass is 193 g/mol. The summed E-state index contributed by atoms with van der Waals surface area (Å²) in [5.41, 5.74) is 5.86. The van der Waals surface area contributed by atoms with Gasteiger partial charge in [-0.15, -0.1) is 0 Å². The third kappa shape index (κ3) is 1.80. The summed E-state index contributed by atoms with van der Waals surface area (Å²) in [6, 6.07) is 3.58. The summed E-state index contributed by atoms with van der Waals surface area (Å²) in [4.78, 5) is 6.20. The summed E-state index contributed by atoms with van der Waals surface area (Å²) in [6.45, 7) is 1.71. The number of hydrogen-bond acceptors (Lipinski definition) is 4. The summed E-state index contributed by atoms with van der Waals surface area (Å²) in [5, 5.41) is 9.60. The molecule has 1 aliphatic rings. The summed E-state index contributed by atoms with van der Waals surface area (Å²) < 4.78 is 0. The number of nitrogens with zero attached hydrogens (tertiary/aromatic N) is 2. The van der Waals surface area contributed by atoms with Crippen LogP contribution in [0.25, 0.3) is 0 Å². The van der Waals surface area contributed by atoms with Gasteiger partial charge in [0.05, 0.1) is 0 Å². The van der Waals surface area contributed by atoms with Crippen LogP contribution >= 0.6 is 0 Å². The van der Waals surface area contributed by atoms with E-state index in [1.165, 1.54) is 0 Å². The molecule has 14 heavy (non-hydrogen) atoms. The van der Waals surface area contributed by atoms with E-state index in [0.717, 1.165) is 25.9 Å². The summed E-state index contributed by atoms with van der Waals surface area (Å²) in [6.07, 6.45) is 3.82. The maximum Gasteiger partial charge on any atom is 0.171 e. The molecular weight excluding hydrogens is 178 g/mol. The van der Waals surface area contributed by atoms with E-state index in [2.05, 4.69) is 4.98 Å². The van der Waals surface area contributed by atoms with Gasteiger partial charge >= 0.3 is 0 Å². The molecule has 0 bridgehead atoms. The quantitative estimate of drug-likeness (QED) is 0.689. The second kappa shape index (κ2) is 3.84. The van der Waals surface area contributed by atoms with Gasteiger partial charge in [0, 0.05) is 25.3 Å². The zero-order valence-electron chi connectivity index (χ0n) is 8.06. The normalized spacial score (nSPS) is 22.4. The minimum Gasteiger partial charge on any atom is -0.504 e. The highest BCUT2D eigenvalue weighted by Gasteiger charge is 2.19. The fourth-order valence-corrected chi connectivity index (χ4v) is 1.83. The fraction of sp³-hybridized carbons (Fsp3) is 0.500. The molecule has 2 rings (SSSR count). The standard InChI is InChI=1S/C10H15N3O/c11-8-3-2-6-13(7-8)10-9(14)4-1-5-12-10/h1,4-5,8,14H,2-3,6-7,11H2/t8-/m0/s1. The third-order valence-electron chi connectivity index (χ3n) is 2.52. The Morgan fingerprint density at radius 1 is 1.57 bits per heavy atom. The number of hydrogen-bond donors (Lipinski definition) is 2. The molecule has 1 aromatic rings. The first-order valence-corrected chi connectivity index (χ1v) is 4.92. The molecule has 0 amide bonds. The molecule has 0 aliphatic carbocycles. The molecule has 1 saturated heterocycles. The van der Waals surface area contributed by atoms with E-state index >= 15 is 0 Å².